The maximum Gasteiger partial charge on any atom is 0.242 e. The second-order valence-corrected chi connectivity index (χ2v) is 4.38. The molecule has 0 saturated carbocycles. The first-order chi connectivity index (χ1) is 8.61. The molecule has 6 nitrogen and oxygen atoms in total. The van der Waals surface area contributed by atoms with Crippen LogP contribution in [-0.4, -0.2) is 41.6 Å². The number of carbonyl (C=O) groups is 1. The molecule has 2 N–H and O–H groups in total. The first kappa shape index (κ1) is 12.6. The van der Waals surface area contributed by atoms with Crippen LogP contribution in [0.1, 0.15) is 19.5 Å². The smallest absolute Gasteiger partial charge is 0.242 e. The number of rotatable bonds is 3. The van der Waals surface area contributed by atoms with Gasteiger partial charge >= 0.3 is 0 Å². The number of hydrogen-bond donors (Lipinski definition) is 2. The zero-order valence-electron chi connectivity index (χ0n) is 11.0. The van der Waals surface area contributed by atoms with E-state index in [-0.39, 0.29) is 11.9 Å². The molecule has 0 spiro atoms. The lowest BCUT2D eigenvalue weighted by Crippen LogP contribution is -2.54. The molecule has 18 heavy (non-hydrogen) atoms. The van der Waals surface area contributed by atoms with Crippen LogP contribution >= 0.6 is 0 Å². The van der Waals surface area contributed by atoms with E-state index in [2.05, 4.69) is 20.6 Å². The molecule has 1 amide bonds. The summed E-state index contributed by atoms with van der Waals surface area (Å²) in [6, 6.07) is 1.72. The number of aryl methyl sites for hydroxylation is 1. The van der Waals surface area contributed by atoms with Crippen LogP contribution in [-0.2, 0) is 4.79 Å². The zero-order chi connectivity index (χ0) is 13.1. The van der Waals surface area contributed by atoms with Gasteiger partial charge in [0.25, 0.3) is 0 Å². The topological polar surface area (TPSA) is 70.2 Å². The van der Waals surface area contributed by atoms with Gasteiger partial charge in [-0.05, 0) is 20.8 Å². The van der Waals surface area contributed by atoms with E-state index in [0.29, 0.717) is 12.5 Å². The van der Waals surface area contributed by atoms with Crippen LogP contribution in [0.3, 0.4) is 0 Å². The van der Waals surface area contributed by atoms with Crippen molar-refractivity contribution in [2.75, 3.05) is 29.9 Å². The molecule has 1 saturated heterocycles. The summed E-state index contributed by atoms with van der Waals surface area (Å²) in [7, 11) is 0. The average Bonchev–Trinajstić information content (AvgIpc) is 2.32. The Morgan fingerprint density at radius 2 is 2.33 bits per heavy atom. The fourth-order valence-corrected chi connectivity index (χ4v) is 2.03. The predicted octanol–water partition coefficient (Wildman–Crippen LogP) is 0.542. The number of anilines is 2. The highest BCUT2D eigenvalue weighted by atomic mass is 16.2. The van der Waals surface area contributed by atoms with Gasteiger partial charge in [0.05, 0.1) is 0 Å². The second-order valence-electron chi connectivity index (χ2n) is 4.38. The monoisotopic (exact) mass is 249 g/mol. The Hall–Kier alpha value is -1.85. The molecule has 1 atom stereocenters. The van der Waals surface area contributed by atoms with Gasteiger partial charge in [0.2, 0.25) is 11.9 Å². The molecule has 2 heterocycles. The van der Waals surface area contributed by atoms with Gasteiger partial charge in [-0.1, -0.05) is 0 Å². The Morgan fingerprint density at radius 1 is 1.56 bits per heavy atom. The number of amides is 1. The molecule has 98 valence electrons. The van der Waals surface area contributed by atoms with Crippen LogP contribution in [0.5, 0.6) is 0 Å². The van der Waals surface area contributed by atoms with Crippen molar-refractivity contribution in [2.24, 2.45) is 0 Å². The first-order valence-electron chi connectivity index (χ1n) is 6.25. The van der Waals surface area contributed by atoms with E-state index in [4.69, 9.17) is 0 Å². The third-order valence-electron chi connectivity index (χ3n) is 2.97. The molecule has 1 aliphatic rings. The number of piperazine rings is 1. The highest BCUT2D eigenvalue weighted by molar-refractivity contribution is 5.85. The Morgan fingerprint density at radius 3 is 3.06 bits per heavy atom. The van der Waals surface area contributed by atoms with Crippen molar-refractivity contribution < 1.29 is 4.79 Å². The number of hydrogen-bond acceptors (Lipinski definition) is 5. The van der Waals surface area contributed by atoms with Crippen molar-refractivity contribution in [2.45, 2.75) is 26.8 Å². The Kier molecular flexibility index (Phi) is 3.64. The van der Waals surface area contributed by atoms with Gasteiger partial charge in [-0.3, -0.25) is 4.79 Å². The summed E-state index contributed by atoms with van der Waals surface area (Å²) in [5.41, 5.74) is 0.897. The number of aromatic nitrogens is 2. The van der Waals surface area contributed by atoms with Gasteiger partial charge in [-0.25, -0.2) is 4.98 Å². The maximum atomic E-state index is 11.7. The van der Waals surface area contributed by atoms with Gasteiger partial charge in [0.1, 0.15) is 11.9 Å². The standard InChI is InChI=1S/C12H19N5O/c1-4-13-12-15-8(2)7-10(16-12)17-6-5-14-11(18)9(17)3/h7,9H,4-6H2,1-3H3,(H,14,18)(H,13,15,16). The summed E-state index contributed by atoms with van der Waals surface area (Å²) in [4.78, 5) is 22.4. The summed E-state index contributed by atoms with van der Waals surface area (Å²) < 4.78 is 0. The van der Waals surface area contributed by atoms with Crippen molar-refractivity contribution in [1.29, 1.82) is 0 Å². The first-order valence-corrected chi connectivity index (χ1v) is 6.25. The number of nitrogens with zero attached hydrogens (tertiary/aromatic N) is 3. The van der Waals surface area contributed by atoms with Gasteiger partial charge in [0.15, 0.2) is 0 Å². The quantitative estimate of drug-likeness (QED) is 0.818. The Bertz CT molecular complexity index is 448. The van der Waals surface area contributed by atoms with Crippen LogP contribution in [0.2, 0.25) is 0 Å². The van der Waals surface area contributed by atoms with Gasteiger partial charge < -0.3 is 15.5 Å². The summed E-state index contributed by atoms with van der Waals surface area (Å²) >= 11 is 0. The van der Waals surface area contributed by atoms with E-state index in [9.17, 15) is 4.79 Å². The van der Waals surface area contributed by atoms with Crippen molar-refractivity contribution >= 4 is 17.7 Å². The van der Waals surface area contributed by atoms with E-state index < -0.39 is 0 Å². The molecule has 1 fully saturated rings. The molecule has 0 bridgehead atoms. The summed E-state index contributed by atoms with van der Waals surface area (Å²) in [6.45, 7) is 8.03. The lowest BCUT2D eigenvalue weighted by atomic mass is 10.2. The highest BCUT2D eigenvalue weighted by Gasteiger charge is 2.26. The molecular formula is C12H19N5O. The fraction of sp³-hybridized carbons (Fsp3) is 0.583. The third-order valence-corrected chi connectivity index (χ3v) is 2.97. The number of carbonyl (C=O) groups excluding carboxylic acids is 1. The number of nitrogens with one attached hydrogen (secondary N) is 2. The lowest BCUT2D eigenvalue weighted by Gasteiger charge is -2.33. The minimum Gasteiger partial charge on any atom is -0.354 e. The molecule has 1 aromatic rings. The van der Waals surface area contributed by atoms with Crippen molar-refractivity contribution in [1.82, 2.24) is 15.3 Å². The van der Waals surface area contributed by atoms with Crippen LogP contribution in [0.25, 0.3) is 0 Å². The predicted molar refractivity (Wildman–Crippen MR) is 70.8 cm³/mol. The van der Waals surface area contributed by atoms with E-state index in [0.717, 1.165) is 24.6 Å². The largest absolute Gasteiger partial charge is 0.354 e. The minimum absolute atomic E-state index is 0.0440. The average molecular weight is 249 g/mol. The molecule has 1 aliphatic heterocycles. The van der Waals surface area contributed by atoms with Gasteiger partial charge in [-0.15, -0.1) is 0 Å². The summed E-state index contributed by atoms with van der Waals surface area (Å²) in [6.07, 6.45) is 0. The summed E-state index contributed by atoms with van der Waals surface area (Å²) in [5.74, 6) is 1.47. The Labute approximate surface area is 107 Å². The van der Waals surface area contributed by atoms with Crippen LogP contribution in [0.15, 0.2) is 6.07 Å². The second kappa shape index (κ2) is 5.20. The fourth-order valence-electron chi connectivity index (χ4n) is 2.03. The molecular weight excluding hydrogens is 230 g/mol. The van der Waals surface area contributed by atoms with Crippen LogP contribution in [0, 0.1) is 6.92 Å². The van der Waals surface area contributed by atoms with E-state index in [1.807, 2.05) is 31.7 Å². The lowest BCUT2D eigenvalue weighted by molar-refractivity contribution is -0.122. The molecule has 6 heteroatoms. The van der Waals surface area contributed by atoms with Crippen molar-refractivity contribution in [3.05, 3.63) is 11.8 Å². The van der Waals surface area contributed by atoms with Gasteiger partial charge in [0, 0.05) is 31.4 Å². The van der Waals surface area contributed by atoms with E-state index >= 15 is 0 Å². The third kappa shape index (κ3) is 2.52. The summed E-state index contributed by atoms with van der Waals surface area (Å²) in [5, 5.41) is 5.95. The molecule has 0 aromatic carbocycles. The van der Waals surface area contributed by atoms with Crippen LogP contribution < -0.4 is 15.5 Å². The van der Waals surface area contributed by atoms with E-state index in [1.54, 1.807) is 0 Å². The van der Waals surface area contributed by atoms with E-state index in [1.165, 1.54) is 0 Å². The minimum atomic E-state index is -0.192. The zero-order valence-corrected chi connectivity index (χ0v) is 11.0. The van der Waals surface area contributed by atoms with Crippen LogP contribution in [0.4, 0.5) is 11.8 Å². The molecule has 0 aliphatic carbocycles. The normalized spacial score (nSPS) is 19.6. The SMILES string of the molecule is CCNc1nc(C)cc(N2CCNC(=O)C2C)n1. The van der Waals surface area contributed by atoms with Crippen molar-refractivity contribution in [3.63, 3.8) is 0 Å². The van der Waals surface area contributed by atoms with Gasteiger partial charge in [-0.2, -0.15) is 4.98 Å². The molecule has 0 radical (unpaired) electrons. The highest BCUT2D eigenvalue weighted by Crippen LogP contribution is 2.18. The molecule has 1 aromatic heterocycles. The van der Waals surface area contributed by atoms with Crippen molar-refractivity contribution in [3.8, 4) is 0 Å². The maximum absolute atomic E-state index is 11.7. The molecule has 2 rings (SSSR count). The molecule has 1 unspecified atom stereocenters. The Balaban J connectivity index is 2.28.